The van der Waals surface area contributed by atoms with Crippen LogP contribution in [0.15, 0.2) is 24.3 Å². The lowest BCUT2D eigenvalue weighted by molar-refractivity contribution is 0.299. The second kappa shape index (κ2) is 7.15. The molecule has 0 aromatic heterocycles. The van der Waals surface area contributed by atoms with Crippen LogP contribution in [0.3, 0.4) is 0 Å². The second-order valence-corrected chi connectivity index (χ2v) is 4.90. The molecular formula is C12H15NO2S. The maximum Gasteiger partial charge on any atom is 0.120 e. The lowest BCUT2D eigenvalue weighted by Gasteiger charge is -2.09. The Morgan fingerprint density at radius 3 is 3.06 bits per heavy atom. The molecule has 0 radical (unpaired) electrons. The molecule has 86 valence electrons. The third kappa shape index (κ3) is 4.56. The van der Waals surface area contributed by atoms with E-state index in [9.17, 15) is 0 Å². The molecule has 0 aliphatic rings. The van der Waals surface area contributed by atoms with Crippen LogP contribution < -0.4 is 4.74 Å². The minimum Gasteiger partial charge on any atom is -0.493 e. The Balaban J connectivity index is 2.29. The van der Waals surface area contributed by atoms with Crippen molar-refractivity contribution in [3.05, 3.63) is 29.8 Å². The number of aliphatic hydroxyl groups is 1. The van der Waals surface area contributed by atoms with E-state index in [0.29, 0.717) is 12.2 Å². The number of hydrogen-bond acceptors (Lipinski definition) is 4. The highest BCUT2D eigenvalue weighted by atomic mass is 32.2. The fourth-order valence-corrected chi connectivity index (χ4v) is 1.80. The molecule has 1 unspecified atom stereocenters. The predicted molar refractivity (Wildman–Crippen MR) is 65.7 cm³/mol. The first-order valence-electron chi connectivity index (χ1n) is 5.11. The van der Waals surface area contributed by atoms with Crippen molar-refractivity contribution in [1.29, 1.82) is 5.26 Å². The predicted octanol–water partition coefficient (Wildman–Crippen LogP) is 2.05. The lowest BCUT2D eigenvalue weighted by atomic mass is 10.2. The van der Waals surface area contributed by atoms with Crippen LogP contribution in [-0.4, -0.2) is 29.3 Å². The van der Waals surface area contributed by atoms with Crippen molar-refractivity contribution in [3.63, 3.8) is 0 Å². The molecular weight excluding hydrogens is 222 g/mol. The van der Waals surface area contributed by atoms with Gasteiger partial charge in [0.15, 0.2) is 0 Å². The van der Waals surface area contributed by atoms with Gasteiger partial charge < -0.3 is 9.84 Å². The highest BCUT2D eigenvalue weighted by Crippen LogP contribution is 2.14. The van der Waals surface area contributed by atoms with Crippen LogP contribution in [-0.2, 0) is 0 Å². The fourth-order valence-electron chi connectivity index (χ4n) is 1.12. The maximum atomic E-state index is 8.82. The van der Waals surface area contributed by atoms with E-state index in [1.165, 1.54) is 0 Å². The number of hydrogen-bond donors (Lipinski definition) is 1. The Morgan fingerprint density at radius 1 is 1.56 bits per heavy atom. The number of ether oxygens (including phenoxy) is 1. The molecule has 1 rings (SSSR count). The number of aliphatic hydroxyl groups excluding tert-OH is 1. The zero-order valence-corrected chi connectivity index (χ0v) is 10.0. The van der Waals surface area contributed by atoms with Gasteiger partial charge in [0.2, 0.25) is 0 Å². The molecule has 0 heterocycles. The van der Waals surface area contributed by atoms with Gasteiger partial charge in [0.1, 0.15) is 5.75 Å². The Kier molecular flexibility index (Phi) is 5.76. The molecule has 0 saturated heterocycles. The van der Waals surface area contributed by atoms with E-state index in [1.807, 2.05) is 13.0 Å². The van der Waals surface area contributed by atoms with Crippen LogP contribution in [0, 0.1) is 11.3 Å². The van der Waals surface area contributed by atoms with Crippen molar-refractivity contribution in [2.75, 3.05) is 19.0 Å². The van der Waals surface area contributed by atoms with Crippen molar-refractivity contribution in [3.8, 4) is 11.8 Å². The number of rotatable bonds is 6. The van der Waals surface area contributed by atoms with Crippen molar-refractivity contribution < 1.29 is 9.84 Å². The molecule has 0 aliphatic heterocycles. The average molecular weight is 237 g/mol. The Hall–Kier alpha value is -1.18. The zero-order chi connectivity index (χ0) is 11.8. The van der Waals surface area contributed by atoms with Gasteiger partial charge in [-0.25, -0.2) is 0 Å². The molecule has 4 heteroatoms. The van der Waals surface area contributed by atoms with Gasteiger partial charge in [-0.2, -0.15) is 17.0 Å². The molecule has 1 N–H and O–H groups in total. The summed E-state index contributed by atoms with van der Waals surface area (Å²) < 4.78 is 5.49. The molecule has 0 amide bonds. The van der Waals surface area contributed by atoms with Gasteiger partial charge in [0, 0.05) is 11.0 Å². The molecule has 3 nitrogen and oxygen atoms in total. The Labute approximate surface area is 100 Å². The van der Waals surface area contributed by atoms with Gasteiger partial charge >= 0.3 is 0 Å². The number of thioether (sulfide) groups is 1. The van der Waals surface area contributed by atoms with Crippen LogP contribution in [0.5, 0.6) is 5.75 Å². The summed E-state index contributed by atoms with van der Waals surface area (Å²) in [5.74, 6) is 1.55. The van der Waals surface area contributed by atoms with Crippen LogP contribution in [0.25, 0.3) is 0 Å². The van der Waals surface area contributed by atoms with Crippen molar-refractivity contribution in [2.45, 2.75) is 12.2 Å². The summed E-state index contributed by atoms with van der Waals surface area (Å²) in [6, 6.07) is 9.17. The molecule has 0 aliphatic carbocycles. The molecule has 1 aromatic rings. The fraction of sp³-hybridized carbons (Fsp3) is 0.417. The summed E-state index contributed by atoms with van der Waals surface area (Å²) in [7, 11) is 0. The lowest BCUT2D eigenvalue weighted by Crippen LogP contribution is -2.07. The van der Waals surface area contributed by atoms with E-state index in [2.05, 4.69) is 6.07 Å². The third-order valence-corrected chi connectivity index (χ3v) is 3.10. The van der Waals surface area contributed by atoms with Gasteiger partial charge in [0.05, 0.1) is 24.8 Å². The number of nitrogens with zero attached hydrogens (tertiary/aromatic N) is 1. The van der Waals surface area contributed by atoms with Crippen LogP contribution in [0.4, 0.5) is 0 Å². The monoisotopic (exact) mass is 237 g/mol. The third-order valence-electron chi connectivity index (χ3n) is 1.97. The van der Waals surface area contributed by atoms with Gasteiger partial charge in [0.25, 0.3) is 0 Å². The van der Waals surface area contributed by atoms with Crippen molar-refractivity contribution in [2.24, 2.45) is 0 Å². The first-order chi connectivity index (χ1) is 7.76. The smallest absolute Gasteiger partial charge is 0.120 e. The molecule has 1 atom stereocenters. The second-order valence-electron chi connectivity index (χ2n) is 3.35. The van der Waals surface area contributed by atoms with Crippen molar-refractivity contribution in [1.82, 2.24) is 0 Å². The van der Waals surface area contributed by atoms with Crippen molar-refractivity contribution >= 4 is 11.8 Å². The average Bonchev–Trinajstić information content (AvgIpc) is 2.34. The normalized spacial score (nSPS) is 11.8. The quantitative estimate of drug-likeness (QED) is 0.769. The minimum atomic E-state index is 0.189. The van der Waals surface area contributed by atoms with E-state index in [4.69, 9.17) is 15.1 Å². The molecule has 1 aromatic carbocycles. The van der Waals surface area contributed by atoms with E-state index in [-0.39, 0.29) is 11.9 Å². The summed E-state index contributed by atoms with van der Waals surface area (Å²) >= 11 is 1.67. The van der Waals surface area contributed by atoms with E-state index in [1.54, 1.807) is 30.0 Å². The molecule has 0 spiro atoms. The SMILES string of the molecule is CC(CO)SCCOc1cccc(C#N)c1. The molecule has 0 fully saturated rings. The maximum absolute atomic E-state index is 8.82. The summed E-state index contributed by atoms with van der Waals surface area (Å²) in [6.45, 7) is 2.75. The largest absolute Gasteiger partial charge is 0.493 e. The minimum absolute atomic E-state index is 0.189. The van der Waals surface area contributed by atoms with Gasteiger partial charge in [-0.15, -0.1) is 0 Å². The number of nitriles is 1. The van der Waals surface area contributed by atoms with Gasteiger partial charge in [-0.3, -0.25) is 0 Å². The van der Waals surface area contributed by atoms with Crippen LogP contribution >= 0.6 is 11.8 Å². The van der Waals surface area contributed by atoms with E-state index in [0.717, 1.165) is 11.5 Å². The summed E-state index contributed by atoms with van der Waals surface area (Å²) in [5, 5.41) is 17.8. The summed E-state index contributed by atoms with van der Waals surface area (Å²) in [4.78, 5) is 0. The highest BCUT2D eigenvalue weighted by Gasteiger charge is 2.00. The Bertz CT molecular complexity index is 362. The first-order valence-corrected chi connectivity index (χ1v) is 6.16. The number of benzene rings is 1. The first kappa shape index (κ1) is 12.9. The van der Waals surface area contributed by atoms with E-state index < -0.39 is 0 Å². The Morgan fingerprint density at radius 2 is 2.38 bits per heavy atom. The molecule has 16 heavy (non-hydrogen) atoms. The molecule has 0 saturated carbocycles. The van der Waals surface area contributed by atoms with Crippen LogP contribution in [0.1, 0.15) is 12.5 Å². The highest BCUT2D eigenvalue weighted by molar-refractivity contribution is 7.99. The van der Waals surface area contributed by atoms with Gasteiger partial charge in [-0.1, -0.05) is 13.0 Å². The standard InChI is InChI=1S/C12H15NO2S/c1-10(9-14)16-6-5-15-12-4-2-3-11(7-12)8-13/h2-4,7,10,14H,5-6,9H2,1H3. The molecule has 0 bridgehead atoms. The van der Waals surface area contributed by atoms with E-state index >= 15 is 0 Å². The summed E-state index contributed by atoms with van der Waals surface area (Å²) in [6.07, 6.45) is 0. The van der Waals surface area contributed by atoms with Crippen LogP contribution in [0.2, 0.25) is 0 Å². The zero-order valence-electron chi connectivity index (χ0n) is 9.22. The van der Waals surface area contributed by atoms with Gasteiger partial charge in [-0.05, 0) is 18.2 Å². The topological polar surface area (TPSA) is 53.2 Å². The summed E-state index contributed by atoms with van der Waals surface area (Å²) in [5.41, 5.74) is 0.605.